The first kappa shape index (κ1) is 11.9. The van der Waals surface area contributed by atoms with Gasteiger partial charge in [0.15, 0.2) is 5.60 Å². The molecule has 0 radical (unpaired) electrons. The third-order valence-corrected chi connectivity index (χ3v) is 4.35. The van der Waals surface area contributed by atoms with Crippen LogP contribution in [0.15, 0.2) is 12.1 Å². The van der Waals surface area contributed by atoms with Crippen molar-refractivity contribution in [3.05, 3.63) is 28.8 Å². The monoisotopic (exact) mass is 286 g/mol. The zero-order valence-electron chi connectivity index (χ0n) is 9.33. The number of rotatable bonds is 2. The molecule has 0 bridgehead atoms. The summed E-state index contributed by atoms with van der Waals surface area (Å²) in [6.07, 6.45) is 0. The second-order valence-corrected chi connectivity index (χ2v) is 5.25. The summed E-state index contributed by atoms with van der Waals surface area (Å²) in [6, 6.07) is 4.00. The van der Waals surface area contributed by atoms with Crippen LogP contribution in [0.25, 0.3) is 0 Å². The fourth-order valence-electron chi connectivity index (χ4n) is 2.16. The van der Waals surface area contributed by atoms with Crippen molar-refractivity contribution >= 4 is 15.9 Å². The van der Waals surface area contributed by atoms with Gasteiger partial charge in [-0.1, -0.05) is 22.0 Å². The molecule has 4 heteroatoms. The van der Waals surface area contributed by atoms with E-state index < -0.39 is 5.60 Å². The van der Waals surface area contributed by atoms with Gasteiger partial charge in [-0.15, -0.1) is 0 Å². The number of aliphatic hydroxyl groups is 2. The molecule has 3 nitrogen and oxygen atoms in total. The van der Waals surface area contributed by atoms with Crippen LogP contribution in [0.3, 0.4) is 0 Å². The van der Waals surface area contributed by atoms with E-state index in [1.165, 1.54) is 0 Å². The van der Waals surface area contributed by atoms with Gasteiger partial charge in [0.1, 0.15) is 5.75 Å². The molecule has 1 aromatic carbocycles. The Morgan fingerprint density at radius 2 is 1.94 bits per heavy atom. The lowest BCUT2D eigenvalue weighted by molar-refractivity contribution is -0.0183. The highest BCUT2D eigenvalue weighted by atomic mass is 79.9. The minimum atomic E-state index is -0.944. The Bertz CT molecular complexity index is 413. The van der Waals surface area contributed by atoms with Crippen LogP contribution in [0.4, 0.5) is 0 Å². The standard InChI is InChI=1S/C12H15BrO3/c1-7-3-8(2)10-9(4-7)16-12(5-14,6-15)11(10)13/h3-4,11,14-15H,5-6H2,1-2H3. The van der Waals surface area contributed by atoms with Crippen molar-refractivity contribution in [1.82, 2.24) is 0 Å². The number of benzene rings is 1. The number of fused-ring (bicyclic) bond motifs is 1. The fourth-order valence-corrected chi connectivity index (χ4v) is 3.13. The molecule has 16 heavy (non-hydrogen) atoms. The maximum Gasteiger partial charge on any atom is 0.171 e. The molecule has 1 unspecified atom stereocenters. The van der Waals surface area contributed by atoms with Crippen LogP contribution in [0.2, 0.25) is 0 Å². The molecular formula is C12H15BrO3. The molecule has 0 aromatic heterocycles. The summed E-state index contributed by atoms with van der Waals surface area (Å²) in [5.74, 6) is 0.752. The van der Waals surface area contributed by atoms with E-state index in [1.807, 2.05) is 19.9 Å². The molecule has 1 heterocycles. The topological polar surface area (TPSA) is 49.7 Å². The van der Waals surface area contributed by atoms with Crippen molar-refractivity contribution < 1.29 is 14.9 Å². The van der Waals surface area contributed by atoms with Gasteiger partial charge in [-0.2, -0.15) is 0 Å². The van der Waals surface area contributed by atoms with Gasteiger partial charge >= 0.3 is 0 Å². The maximum absolute atomic E-state index is 9.40. The second-order valence-electron chi connectivity index (χ2n) is 4.34. The molecule has 0 fully saturated rings. The maximum atomic E-state index is 9.40. The number of hydrogen-bond acceptors (Lipinski definition) is 3. The summed E-state index contributed by atoms with van der Waals surface area (Å²) < 4.78 is 5.72. The Balaban J connectivity index is 2.53. The molecule has 0 amide bonds. The molecule has 2 N–H and O–H groups in total. The molecule has 2 rings (SSSR count). The van der Waals surface area contributed by atoms with Crippen LogP contribution < -0.4 is 4.74 Å². The van der Waals surface area contributed by atoms with Crippen molar-refractivity contribution in [2.45, 2.75) is 24.3 Å². The van der Waals surface area contributed by atoms with E-state index in [2.05, 4.69) is 22.0 Å². The normalized spacial score (nSPS) is 21.7. The highest BCUT2D eigenvalue weighted by Gasteiger charge is 2.47. The summed E-state index contributed by atoms with van der Waals surface area (Å²) in [5, 5.41) is 18.8. The predicted molar refractivity (Wildman–Crippen MR) is 65.1 cm³/mol. The van der Waals surface area contributed by atoms with Gasteiger partial charge in [-0.3, -0.25) is 0 Å². The van der Waals surface area contributed by atoms with Gasteiger partial charge in [0.25, 0.3) is 0 Å². The van der Waals surface area contributed by atoms with Crippen molar-refractivity contribution in [3.63, 3.8) is 0 Å². The third-order valence-electron chi connectivity index (χ3n) is 3.06. The Kier molecular flexibility index (Phi) is 2.99. The van der Waals surface area contributed by atoms with Crippen molar-refractivity contribution in [2.24, 2.45) is 0 Å². The zero-order valence-corrected chi connectivity index (χ0v) is 10.9. The van der Waals surface area contributed by atoms with Gasteiger partial charge in [0.05, 0.1) is 18.0 Å². The first-order valence-corrected chi connectivity index (χ1v) is 6.11. The number of hydrogen-bond donors (Lipinski definition) is 2. The molecule has 1 atom stereocenters. The molecular weight excluding hydrogens is 272 g/mol. The Labute approximate surface area is 103 Å². The van der Waals surface area contributed by atoms with Gasteiger partial charge in [-0.25, -0.2) is 0 Å². The van der Waals surface area contributed by atoms with E-state index in [0.717, 1.165) is 22.4 Å². The van der Waals surface area contributed by atoms with Crippen molar-refractivity contribution in [2.75, 3.05) is 13.2 Å². The first-order chi connectivity index (χ1) is 7.54. The number of halogens is 1. The Morgan fingerprint density at radius 1 is 1.31 bits per heavy atom. The van der Waals surface area contributed by atoms with Gasteiger partial charge in [-0.05, 0) is 31.0 Å². The SMILES string of the molecule is Cc1cc(C)c2c(c1)OC(CO)(CO)C2Br. The number of aryl methyl sites for hydroxylation is 2. The summed E-state index contributed by atoms with van der Waals surface area (Å²) >= 11 is 3.51. The van der Waals surface area contributed by atoms with E-state index in [0.29, 0.717) is 0 Å². The van der Waals surface area contributed by atoms with E-state index >= 15 is 0 Å². The van der Waals surface area contributed by atoms with Crippen LogP contribution >= 0.6 is 15.9 Å². The molecule has 1 aliphatic rings. The average Bonchev–Trinajstić information content (AvgIpc) is 2.52. The fraction of sp³-hybridized carbons (Fsp3) is 0.500. The van der Waals surface area contributed by atoms with Gasteiger partial charge < -0.3 is 14.9 Å². The number of ether oxygens (including phenoxy) is 1. The molecule has 0 aliphatic carbocycles. The first-order valence-electron chi connectivity index (χ1n) is 5.20. The molecule has 0 saturated carbocycles. The quantitative estimate of drug-likeness (QED) is 0.816. The number of alkyl halides is 1. The summed E-state index contributed by atoms with van der Waals surface area (Å²) in [4.78, 5) is -0.175. The lowest BCUT2D eigenvalue weighted by Crippen LogP contribution is -2.43. The highest BCUT2D eigenvalue weighted by molar-refractivity contribution is 9.09. The molecule has 1 aromatic rings. The lowest BCUT2D eigenvalue weighted by atomic mass is 9.95. The van der Waals surface area contributed by atoms with E-state index in [1.54, 1.807) is 0 Å². The van der Waals surface area contributed by atoms with Crippen LogP contribution in [-0.2, 0) is 0 Å². The van der Waals surface area contributed by atoms with Crippen molar-refractivity contribution in [1.29, 1.82) is 0 Å². The molecule has 88 valence electrons. The molecule has 0 saturated heterocycles. The lowest BCUT2D eigenvalue weighted by Gasteiger charge is -2.27. The van der Waals surface area contributed by atoms with Crippen LogP contribution in [-0.4, -0.2) is 29.0 Å². The third kappa shape index (κ3) is 1.56. The zero-order chi connectivity index (χ0) is 11.9. The average molecular weight is 287 g/mol. The van der Waals surface area contributed by atoms with Gasteiger partial charge in [0.2, 0.25) is 0 Å². The summed E-state index contributed by atoms with van der Waals surface area (Å²) in [7, 11) is 0. The molecule has 1 aliphatic heterocycles. The largest absolute Gasteiger partial charge is 0.481 e. The Morgan fingerprint density at radius 3 is 2.50 bits per heavy atom. The predicted octanol–water partition coefficient (Wildman–Crippen LogP) is 1.86. The van der Waals surface area contributed by atoms with Crippen LogP contribution in [0.1, 0.15) is 21.5 Å². The Hall–Kier alpha value is -0.580. The summed E-state index contributed by atoms with van der Waals surface area (Å²) in [5.41, 5.74) is 2.30. The highest BCUT2D eigenvalue weighted by Crippen LogP contribution is 2.49. The minimum absolute atomic E-state index is 0.175. The molecule has 0 spiro atoms. The smallest absolute Gasteiger partial charge is 0.171 e. The van der Waals surface area contributed by atoms with Crippen LogP contribution in [0, 0.1) is 13.8 Å². The van der Waals surface area contributed by atoms with Gasteiger partial charge in [0, 0.05) is 5.56 Å². The minimum Gasteiger partial charge on any atom is -0.481 e. The van der Waals surface area contributed by atoms with E-state index in [4.69, 9.17) is 4.74 Å². The summed E-state index contributed by atoms with van der Waals surface area (Å²) in [6.45, 7) is 3.57. The van der Waals surface area contributed by atoms with Crippen LogP contribution in [0.5, 0.6) is 5.75 Å². The number of aliphatic hydroxyl groups excluding tert-OH is 2. The van der Waals surface area contributed by atoms with E-state index in [9.17, 15) is 10.2 Å². The van der Waals surface area contributed by atoms with E-state index in [-0.39, 0.29) is 18.0 Å². The van der Waals surface area contributed by atoms with Crippen molar-refractivity contribution in [3.8, 4) is 5.75 Å². The second kappa shape index (κ2) is 4.02.